The summed E-state index contributed by atoms with van der Waals surface area (Å²) < 4.78 is 17.1. The van der Waals surface area contributed by atoms with Crippen molar-refractivity contribution in [1.29, 1.82) is 5.26 Å². The van der Waals surface area contributed by atoms with Crippen LogP contribution >= 0.6 is 0 Å². The van der Waals surface area contributed by atoms with E-state index in [0.717, 1.165) is 11.3 Å². The lowest BCUT2D eigenvalue weighted by atomic mass is 10.1. The molecule has 3 N–H and O–H groups in total. The maximum atomic E-state index is 11.8. The molecule has 0 aliphatic carbocycles. The average Bonchev–Trinajstić information content (AvgIpc) is 3.47. The molecule has 0 saturated heterocycles. The summed E-state index contributed by atoms with van der Waals surface area (Å²) in [4.78, 5) is 24.4. The van der Waals surface area contributed by atoms with Gasteiger partial charge in [0.05, 0.1) is 48.8 Å². The van der Waals surface area contributed by atoms with Gasteiger partial charge in [0.2, 0.25) is 0 Å². The molecular weight excluding hydrogens is 452 g/mol. The van der Waals surface area contributed by atoms with Gasteiger partial charge in [-0.05, 0) is 27.2 Å². The number of amides is 1. The van der Waals surface area contributed by atoms with Gasteiger partial charge in [-0.3, -0.25) is 10.1 Å². The third-order valence-corrected chi connectivity index (χ3v) is 4.78. The van der Waals surface area contributed by atoms with E-state index in [1.165, 1.54) is 12.4 Å². The largest absolute Gasteiger partial charge is 0.491 e. The number of hydrogen-bond donors (Lipinski definition) is 3. The highest BCUT2D eigenvalue weighted by molar-refractivity contribution is 5.77. The molecule has 35 heavy (non-hydrogen) atoms. The third-order valence-electron chi connectivity index (χ3n) is 4.78. The monoisotopic (exact) mass is 478 g/mol. The van der Waals surface area contributed by atoms with E-state index in [1.54, 1.807) is 12.3 Å². The Morgan fingerprint density at radius 3 is 2.83 bits per heavy atom. The predicted octanol–water partition coefficient (Wildman–Crippen LogP) is 3.11. The highest BCUT2D eigenvalue weighted by atomic mass is 16.6. The summed E-state index contributed by atoms with van der Waals surface area (Å²) in [6, 6.07) is 3.73. The molecule has 182 valence electrons. The zero-order chi connectivity index (χ0) is 24.8. The molecule has 12 heteroatoms. The Morgan fingerprint density at radius 2 is 2.09 bits per heavy atom. The van der Waals surface area contributed by atoms with E-state index in [0.29, 0.717) is 61.4 Å². The first-order valence-corrected chi connectivity index (χ1v) is 11.1. The summed E-state index contributed by atoms with van der Waals surface area (Å²) >= 11 is 0. The highest BCUT2D eigenvalue weighted by Crippen LogP contribution is 2.42. The van der Waals surface area contributed by atoms with Crippen LogP contribution in [0.15, 0.2) is 24.7 Å². The quantitative estimate of drug-likeness (QED) is 0.410. The Balaban J connectivity index is 1.43. The van der Waals surface area contributed by atoms with Crippen LogP contribution in [0.5, 0.6) is 11.5 Å². The van der Waals surface area contributed by atoms with Crippen LogP contribution in [0, 0.1) is 11.3 Å². The fraction of sp³-hybridized carbons (Fsp3) is 0.391. The predicted molar refractivity (Wildman–Crippen MR) is 125 cm³/mol. The van der Waals surface area contributed by atoms with Gasteiger partial charge in [0.25, 0.3) is 0 Å². The van der Waals surface area contributed by atoms with Gasteiger partial charge in [-0.1, -0.05) is 0 Å². The van der Waals surface area contributed by atoms with E-state index in [9.17, 15) is 4.79 Å². The number of carbonyl (C=O) groups is 1. The Hall–Kier alpha value is -4.40. The molecule has 1 aliphatic rings. The highest BCUT2D eigenvalue weighted by Gasteiger charge is 2.25. The first-order valence-electron chi connectivity index (χ1n) is 11.1. The zero-order valence-electron chi connectivity index (χ0n) is 19.7. The minimum absolute atomic E-state index is 0.228. The smallest absolute Gasteiger partial charge is 0.407 e. The number of pyridine rings is 1. The lowest BCUT2D eigenvalue weighted by Gasteiger charge is -2.19. The Bertz CT molecular complexity index is 1230. The summed E-state index contributed by atoms with van der Waals surface area (Å²) in [7, 11) is 0. The van der Waals surface area contributed by atoms with Crippen molar-refractivity contribution in [3.63, 3.8) is 0 Å². The number of fused-ring (bicyclic) bond motifs is 1. The Morgan fingerprint density at radius 1 is 1.23 bits per heavy atom. The van der Waals surface area contributed by atoms with Crippen molar-refractivity contribution in [2.45, 2.75) is 39.2 Å². The molecular formula is C23H26N8O4. The maximum Gasteiger partial charge on any atom is 0.407 e. The molecule has 3 aromatic heterocycles. The van der Waals surface area contributed by atoms with Crippen LogP contribution in [0.1, 0.15) is 38.6 Å². The zero-order valence-corrected chi connectivity index (χ0v) is 19.7. The van der Waals surface area contributed by atoms with Crippen molar-refractivity contribution in [2.24, 2.45) is 0 Å². The summed E-state index contributed by atoms with van der Waals surface area (Å²) in [6.07, 6.45) is 5.33. The van der Waals surface area contributed by atoms with Crippen molar-refractivity contribution in [1.82, 2.24) is 30.5 Å². The van der Waals surface area contributed by atoms with Gasteiger partial charge in [-0.2, -0.15) is 10.4 Å². The molecule has 3 aromatic rings. The summed E-state index contributed by atoms with van der Waals surface area (Å²) in [5, 5.41) is 21.9. The maximum absolute atomic E-state index is 11.8. The van der Waals surface area contributed by atoms with E-state index in [-0.39, 0.29) is 5.69 Å². The molecule has 0 radical (unpaired) electrons. The Labute approximate surface area is 202 Å². The second-order valence-electron chi connectivity index (χ2n) is 8.69. The molecule has 0 spiro atoms. The molecule has 0 fully saturated rings. The van der Waals surface area contributed by atoms with Crippen LogP contribution in [0.3, 0.4) is 0 Å². The van der Waals surface area contributed by atoms with Gasteiger partial charge >= 0.3 is 6.09 Å². The number of nitriles is 1. The van der Waals surface area contributed by atoms with E-state index >= 15 is 0 Å². The second kappa shape index (κ2) is 10.3. The SMILES string of the molecule is CC(C)(C)OC(=O)NCCCOc1cnc2c(c1-c1cc(Nc3cnc(C#N)cn3)n[nH]1)OCC2. The number of H-pyrrole nitrogens is 1. The minimum Gasteiger partial charge on any atom is -0.491 e. The number of nitrogens with one attached hydrogen (secondary N) is 3. The fourth-order valence-corrected chi connectivity index (χ4v) is 3.32. The molecule has 4 rings (SSSR count). The Kier molecular flexibility index (Phi) is 6.96. The van der Waals surface area contributed by atoms with Crippen molar-refractivity contribution >= 4 is 17.7 Å². The molecule has 4 heterocycles. The van der Waals surface area contributed by atoms with Crippen molar-refractivity contribution in [3.05, 3.63) is 36.0 Å². The van der Waals surface area contributed by atoms with Gasteiger partial charge in [0, 0.05) is 19.0 Å². The van der Waals surface area contributed by atoms with Crippen LogP contribution in [0.25, 0.3) is 11.3 Å². The summed E-state index contributed by atoms with van der Waals surface area (Å²) in [5.41, 5.74) is 1.93. The van der Waals surface area contributed by atoms with Crippen LogP contribution in [0.2, 0.25) is 0 Å². The van der Waals surface area contributed by atoms with E-state index in [1.807, 2.05) is 26.8 Å². The van der Waals surface area contributed by atoms with Crippen LogP contribution in [-0.2, 0) is 11.2 Å². The number of rotatable bonds is 8. The molecule has 0 atom stereocenters. The molecule has 0 unspecified atom stereocenters. The second-order valence-corrected chi connectivity index (χ2v) is 8.69. The number of anilines is 2. The molecule has 1 amide bonds. The normalized spacial score (nSPS) is 12.3. The number of aromatic nitrogens is 5. The first kappa shape index (κ1) is 23.7. The first-order chi connectivity index (χ1) is 16.8. The van der Waals surface area contributed by atoms with E-state index < -0.39 is 11.7 Å². The van der Waals surface area contributed by atoms with Crippen molar-refractivity contribution in [3.8, 4) is 28.8 Å². The third kappa shape index (κ3) is 6.14. The van der Waals surface area contributed by atoms with Crippen LogP contribution in [-0.4, -0.2) is 56.6 Å². The van der Waals surface area contributed by atoms with E-state index in [2.05, 4.69) is 35.8 Å². The standard InChI is InChI=1S/C23H26N8O4/c1-23(2,3)35-22(32)25-6-4-7-33-17-12-27-15-5-8-34-21(15)20(17)16-9-18(31-30-16)29-19-13-26-14(10-24)11-28-19/h9,11-13H,4-8H2,1-3H3,(H,25,32)(H2,28,29,30,31). The summed E-state index contributed by atoms with van der Waals surface area (Å²) in [5.74, 6) is 2.15. The van der Waals surface area contributed by atoms with Crippen LogP contribution in [0.4, 0.5) is 16.4 Å². The van der Waals surface area contributed by atoms with Gasteiger partial charge in [0.15, 0.2) is 23.0 Å². The number of alkyl carbamates (subject to hydrolysis) is 1. The van der Waals surface area contributed by atoms with E-state index in [4.69, 9.17) is 19.5 Å². The topological polar surface area (TPSA) is 160 Å². The minimum atomic E-state index is -0.546. The number of carbonyl (C=O) groups excluding carboxylic acids is 1. The lowest BCUT2D eigenvalue weighted by Crippen LogP contribution is -2.33. The van der Waals surface area contributed by atoms with Gasteiger partial charge in [-0.25, -0.2) is 14.8 Å². The summed E-state index contributed by atoms with van der Waals surface area (Å²) in [6.45, 7) is 6.74. The molecule has 0 saturated carbocycles. The van der Waals surface area contributed by atoms with Crippen LogP contribution < -0.4 is 20.1 Å². The fourth-order valence-electron chi connectivity index (χ4n) is 3.32. The molecule has 0 bridgehead atoms. The number of ether oxygens (including phenoxy) is 3. The number of aromatic amines is 1. The van der Waals surface area contributed by atoms with Gasteiger partial charge in [-0.15, -0.1) is 0 Å². The van der Waals surface area contributed by atoms with Crippen molar-refractivity contribution < 1.29 is 19.0 Å². The average molecular weight is 479 g/mol. The lowest BCUT2D eigenvalue weighted by molar-refractivity contribution is 0.0525. The molecule has 0 aromatic carbocycles. The van der Waals surface area contributed by atoms with Gasteiger partial charge < -0.3 is 24.8 Å². The molecule has 12 nitrogen and oxygen atoms in total. The molecule has 1 aliphatic heterocycles. The van der Waals surface area contributed by atoms with Gasteiger partial charge in [0.1, 0.15) is 17.5 Å². The number of nitrogens with zero attached hydrogens (tertiary/aromatic N) is 5. The van der Waals surface area contributed by atoms with Crippen molar-refractivity contribution in [2.75, 3.05) is 25.1 Å². The number of hydrogen-bond acceptors (Lipinski definition) is 10.